The minimum atomic E-state index is -4.53. The van der Waals surface area contributed by atoms with E-state index in [4.69, 9.17) is 4.55 Å². The predicted octanol–water partition coefficient (Wildman–Crippen LogP) is -0.546. The van der Waals surface area contributed by atoms with Gasteiger partial charge in [-0.15, -0.1) is 0 Å². The van der Waals surface area contributed by atoms with Crippen LogP contribution in [-0.2, 0) is 19.4 Å². The van der Waals surface area contributed by atoms with Gasteiger partial charge in [0.05, 0.1) is 0 Å². The second-order valence-corrected chi connectivity index (χ2v) is 2.93. The average Bonchev–Trinajstić information content (AvgIpc) is 1.82. The topological polar surface area (TPSA) is 92.7 Å². The second-order valence-electron chi connectivity index (χ2n) is 1.88. The van der Waals surface area contributed by atoms with Gasteiger partial charge in [-0.3, -0.25) is 9.35 Å². The average molecular weight is 195 g/mol. The third-order valence-electron chi connectivity index (χ3n) is 0.797. The molecule has 0 aromatic carbocycles. The summed E-state index contributed by atoms with van der Waals surface area (Å²) in [5, 5.41) is 2.07. The molecule has 0 aromatic rings. The van der Waals surface area contributed by atoms with Gasteiger partial charge in [-0.2, -0.15) is 8.42 Å². The van der Waals surface area contributed by atoms with Gasteiger partial charge in [0, 0.05) is 0 Å². The first-order valence-corrected chi connectivity index (χ1v) is 4.30. The monoisotopic (exact) mass is 195 g/mol. The number of amides is 1. The third-order valence-corrected chi connectivity index (χ3v) is 1.33. The summed E-state index contributed by atoms with van der Waals surface area (Å²) in [5.74, 6) is -0.592. The van der Waals surface area contributed by atoms with Gasteiger partial charge < -0.3 is 5.32 Å². The fraction of sp³-hybridized carbons (Fsp3) is 0.400. The van der Waals surface area contributed by atoms with Crippen LogP contribution < -0.4 is 5.32 Å². The molecule has 0 fully saturated rings. The van der Waals surface area contributed by atoms with E-state index in [1.54, 1.807) is 0 Å². The van der Waals surface area contributed by atoms with Gasteiger partial charge in [-0.05, 0) is 13.0 Å². The van der Waals surface area contributed by atoms with Crippen LogP contribution in [0.2, 0.25) is 0 Å². The summed E-state index contributed by atoms with van der Waals surface area (Å²) in [4.78, 5) is 10.5. The molecule has 6 nitrogen and oxygen atoms in total. The van der Waals surface area contributed by atoms with Gasteiger partial charge in [-0.1, -0.05) is 6.58 Å². The standard InChI is InChI=1S/C5H9NO5S/c1-3-5(7)6-4(2)11-12(8,9)10/h3-4H,1H2,2H3,(H,6,7)(H,8,9,10). The van der Waals surface area contributed by atoms with Gasteiger partial charge >= 0.3 is 10.4 Å². The van der Waals surface area contributed by atoms with Crippen LogP contribution in [0.15, 0.2) is 12.7 Å². The molecule has 0 rings (SSSR count). The van der Waals surface area contributed by atoms with E-state index >= 15 is 0 Å². The normalized spacial score (nSPS) is 13.5. The molecule has 1 amide bonds. The van der Waals surface area contributed by atoms with E-state index in [1.165, 1.54) is 6.92 Å². The lowest BCUT2D eigenvalue weighted by molar-refractivity contribution is -0.118. The van der Waals surface area contributed by atoms with E-state index in [9.17, 15) is 13.2 Å². The Hall–Kier alpha value is -0.920. The van der Waals surface area contributed by atoms with E-state index in [0.717, 1.165) is 6.08 Å². The largest absolute Gasteiger partial charge is 0.399 e. The van der Waals surface area contributed by atoms with Crippen molar-refractivity contribution in [2.75, 3.05) is 0 Å². The molecule has 0 spiro atoms. The zero-order chi connectivity index (χ0) is 9.78. The molecular weight excluding hydrogens is 186 g/mol. The summed E-state index contributed by atoms with van der Waals surface area (Å²) in [5.41, 5.74) is 0. The molecule has 12 heavy (non-hydrogen) atoms. The number of hydrogen-bond donors (Lipinski definition) is 2. The number of hydrogen-bond acceptors (Lipinski definition) is 4. The minimum Gasteiger partial charge on any atom is -0.326 e. The molecule has 0 aliphatic carbocycles. The van der Waals surface area contributed by atoms with Crippen LogP contribution in [0.4, 0.5) is 0 Å². The van der Waals surface area contributed by atoms with Gasteiger partial charge in [0.2, 0.25) is 5.91 Å². The van der Waals surface area contributed by atoms with Crippen molar-refractivity contribution in [1.82, 2.24) is 5.32 Å². The smallest absolute Gasteiger partial charge is 0.326 e. The Morgan fingerprint density at radius 2 is 2.25 bits per heavy atom. The first-order chi connectivity index (χ1) is 5.35. The van der Waals surface area contributed by atoms with Crippen molar-refractivity contribution in [2.45, 2.75) is 13.2 Å². The molecule has 0 bridgehead atoms. The Morgan fingerprint density at radius 1 is 1.75 bits per heavy atom. The predicted molar refractivity (Wildman–Crippen MR) is 40.4 cm³/mol. The summed E-state index contributed by atoms with van der Waals surface area (Å²) < 4.78 is 32.2. The van der Waals surface area contributed by atoms with E-state index in [-0.39, 0.29) is 0 Å². The lowest BCUT2D eigenvalue weighted by Crippen LogP contribution is -2.34. The molecule has 70 valence electrons. The minimum absolute atomic E-state index is 0.592. The van der Waals surface area contributed by atoms with Crippen molar-refractivity contribution in [3.05, 3.63) is 12.7 Å². The van der Waals surface area contributed by atoms with Crippen LogP contribution in [0.1, 0.15) is 6.92 Å². The lowest BCUT2D eigenvalue weighted by atomic mass is 10.5. The van der Waals surface area contributed by atoms with Crippen molar-refractivity contribution in [3.8, 4) is 0 Å². The van der Waals surface area contributed by atoms with E-state index in [1.807, 2.05) is 0 Å². The number of rotatable bonds is 4. The summed E-state index contributed by atoms with van der Waals surface area (Å²) in [6.45, 7) is 4.38. The lowest BCUT2D eigenvalue weighted by Gasteiger charge is -2.09. The molecule has 0 saturated heterocycles. The van der Waals surface area contributed by atoms with Crippen LogP contribution in [-0.4, -0.2) is 25.1 Å². The summed E-state index contributed by atoms with van der Waals surface area (Å²) >= 11 is 0. The molecular formula is C5H9NO5S. The van der Waals surface area contributed by atoms with Crippen LogP contribution in [0.25, 0.3) is 0 Å². The molecule has 2 N–H and O–H groups in total. The van der Waals surface area contributed by atoms with Gasteiger partial charge in [0.25, 0.3) is 0 Å². The zero-order valence-corrected chi connectivity index (χ0v) is 7.17. The number of carbonyl (C=O) groups excluding carboxylic acids is 1. The Balaban J connectivity index is 3.99. The van der Waals surface area contributed by atoms with Crippen molar-refractivity contribution < 1.29 is 21.9 Å². The number of nitrogens with one attached hydrogen (secondary N) is 1. The molecule has 1 unspecified atom stereocenters. The molecule has 0 heterocycles. The van der Waals surface area contributed by atoms with E-state index in [0.29, 0.717) is 0 Å². The van der Waals surface area contributed by atoms with Crippen molar-refractivity contribution in [3.63, 3.8) is 0 Å². The van der Waals surface area contributed by atoms with Crippen molar-refractivity contribution >= 4 is 16.3 Å². The van der Waals surface area contributed by atoms with Crippen LogP contribution in [0.5, 0.6) is 0 Å². The fourth-order valence-electron chi connectivity index (χ4n) is 0.466. The van der Waals surface area contributed by atoms with Gasteiger partial charge in [-0.25, -0.2) is 4.18 Å². The Morgan fingerprint density at radius 3 is 2.58 bits per heavy atom. The van der Waals surface area contributed by atoms with Crippen LogP contribution in [0.3, 0.4) is 0 Å². The Labute approximate surface area is 70.2 Å². The molecule has 7 heteroatoms. The summed E-state index contributed by atoms with van der Waals surface area (Å²) in [7, 11) is -4.53. The summed E-state index contributed by atoms with van der Waals surface area (Å²) in [6, 6.07) is 0. The van der Waals surface area contributed by atoms with Crippen LogP contribution in [0, 0.1) is 0 Å². The SMILES string of the molecule is C=CC(=O)NC(C)OS(=O)(=O)O. The molecule has 0 aromatic heterocycles. The first kappa shape index (κ1) is 11.1. The Bertz CT molecular complexity index is 270. The summed E-state index contributed by atoms with van der Waals surface area (Å²) in [6.07, 6.45) is -0.172. The van der Waals surface area contributed by atoms with Crippen LogP contribution >= 0.6 is 0 Å². The van der Waals surface area contributed by atoms with Gasteiger partial charge in [0.1, 0.15) is 6.23 Å². The Kier molecular flexibility index (Phi) is 3.87. The van der Waals surface area contributed by atoms with Gasteiger partial charge in [0.15, 0.2) is 0 Å². The molecule has 0 radical (unpaired) electrons. The highest BCUT2D eigenvalue weighted by Crippen LogP contribution is 1.92. The highest BCUT2D eigenvalue weighted by molar-refractivity contribution is 7.80. The maximum absolute atomic E-state index is 10.5. The first-order valence-electron chi connectivity index (χ1n) is 2.94. The number of carbonyl (C=O) groups is 1. The highest BCUT2D eigenvalue weighted by Gasteiger charge is 2.12. The molecule has 0 aliphatic heterocycles. The highest BCUT2D eigenvalue weighted by atomic mass is 32.3. The zero-order valence-electron chi connectivity index (χ0n) is 6.35. The second kappa shape index (κ2) is 4.19. The maximum Gasteiger partial charge on any atom is 0.399 e. The van der Waals surface area contributed by atoms with E-state index < -0.39 is 22.5 Å². The fourth-order valence-corrected chi connectivity index (χ4v) is 0.879. The molecule has 0 saturated carbocycles. The maximum atomic E-state index is 10.5. The third kappa shape index (κ3) is 5.83. The van der Waals surface area contributed by atoms with Crippen molar-refractivity contribution in [2.24, 2.45) is 0 Å². The van der Waals surface area contributed by atoms with Crippen molar-refractivity contribution in [1.29, 1.82) is 0 Å². The molecule has 0 aliphatic rings. The quantitative estimate of drug-likeness (QED) is 0.357. The van der Waals surface area contributed by atoms with E-state index in [2.05, 4.69) is 16.1 Å². The molecule has 1 atom stereocenters.